The van der Waals surface area contributed by atoms with Gasteiger partial charge in [-0.3, -0.25) is 4.90 Å². The molecule has 1 aromatic carbocycles. The highest BCUT2D eigenvalue weighted by atomic mass is 16.3. The topological polar surface area (TPSA) is 42.4 Å². The molecule has 1 saturated heterocycles. The van der Waals surface area contributed by atoms with Crippen LogP contribution in [0.4, 0.5) is 0 Å². The third-order valence-electron chi connectivity index (χ3n) is 4.79. The van der Waals surface area contributed by atoms with Crippen LogP contribution >= 0.6 is 0 Å². The van der Waals surface area contributed by atoms with Gasteiger partial charge in [-0.2, -0.15) is 0 Å². The van der Waals surface area contributed by atoms with Crippen LogP contribution in [0.3, 0.4) is 0 Å². The van der Waals surface area contributed by atoms with E-state index in [2.05, 4.69) is 30.0 Å². The molecular formula is C18H26N2O. The summed E-state index contributed by atoms with van der Waals surface area (Å²) in [5.41, 5.74) is 7.09. The van der Waals surface area contributed by atoms with Crippen molar-refractivity contribution in [3.05, 3.63) is 36.1 Å². The molecule has 1 fully saturated rings. The number of hydrogen-bond acceptors (Lipinski definition) is 3. The maximum Gasteiger partial charge on any atom is 0.134 e. The summed E-state index contributed by atoms with van der Waals surface area (Å²) in [6.07, 6.45) is 6.42. The van der Waals surface area contributed by atoms with Crippen LogP contribution in [0.2, 0.25) is 0 Å². The van der Waals surface area contributed by atoms with E-state index in [0.717, 1.165) is 17.9 Å². The second kappa shape index (κ2) is 6.63. The molecule has 0 radical (unpaired) electrons. The normalized spacial score (nSPS) is 22.3. The Morgan fingerprint density at radius 3 is 2.90 bits per heavy atom. The zero-order chi connectivity index (χ0) is 14.7. The molecule has 0 saturated carbocycles. The molecule has 21 heavy (non-hydrogen) atoms. The van der Waals surface area contributed by atoms with Crippen molar-refractivity contribution in [2.24, 2.45) is 5.73 Å². The molecule has 1 aromatic heterocycles. The summed E-state index contributed by atoms with van der Waals surface area (Å²) in [5, 5.41) is 1.17. The van der Waals surface area contributed by atoms with E-state index in [-0.39, 0.29) is 6.04 Å². The fourth-order valence-electron chi connectivity index (χ4n) is 3.63. The quantitative estimate of drug-likeness (QED) is 0.920. The van der Waals surface area contributed by atoms with Gasteiger partial charge in [0.25, 0.3) is 0 Å². The van der Waals surface area contributed by atoms with Crippen molar-refractivity contribution in [1.29, 1.82) is 0 Å². The van der Waals surface area contributed by atoms with Crippen LogP contribution in [0, 0.1) is 0 Å². The maximum atomic E-state index is 6.12. The molecule has 2 N–H and O–H groups in total. The highest BCUT2D eigenvalue weighted by molar-refractivity contribution is 5.77. The number of nitrogens with zero attached hydrogens (tertiary/aromatic N) is 1. The fourth-order valence-corrected chi connectivity index (χ4v) is 3.63. The van der Waals surface area contributed by atoms with Crippen molar-refractivity contribution in [1.82, 2.24) is 4.90 Å². The van der Waals surface area contributed by atoms with Gasteiger partial charge in [-0.05, 0) is 37.9 Å². The molecular weight excluding hydrogens is 260 g/mol. The van der Waals surface area contributed by atoms with Crippen molar-refractivity contribution in [3.63, 3.8) is 0 Å². The lowest BCUT2D eigenvalue weighted by molar-refractivity contribution is 0.122. The Hall–Kier alpha value is -1.32. The summed E-state index contributed by atoms with van der Waals surface area (Å²) in [4.78, 5) is 2.59. The Labute approximate surface area is 127 Å². The first-order valence-corrected chi connectivity index (χ1v) is 8.27. The van der Waals surface area contributed by atoms with Crippen LogP contribution in [-0.4, -0.2) is 24.0 Å². The standard InChI is InChI=1S/C18H26N2O/c1-2-15-9-4-3-7-11-20(15)16(13-19)18-12-14-8-5-6-10-17(14)21-18/h5-6,8,10,12,15-16H,2-4,7,9,11,13,19H2,1H3. The molecule has 0 spiro atoms. The summed E-state index contributed by atoms with van der Waals surface area (Å²) >= 11 is 0. The predicted octanol–water partition coefficient (Wildman–Crippen LogP) is 4.09. The van der Waals surface area contributed by atoms with E-state index in [1.165, 1.54) is 37.5 Å². The summed E-state index contributed by atoms with van der Waals surface area (Å²) in [5.74, 6) is 1.03. The average Bonchev–Trinajstić information content (AvgIpc) is 2.79. The van der Waals surface area contributed by atoms with Crippen molar-refractivity contribution in [2.45, 2.75) is 51.1 Å². The molecule has 2 atom stereocenters. The molecule has 3 heteroatoms. The van der Waals surface area contributed by atoms with Gasteiger partial charge in [0.15, 0.2) is 0 Å². The zero-order valence-electron chi connectivity index (χ0n) is 12.9. The van der Waals surface area contributed by atoms with Crippen LogP contribution in [0.25, 0.3) is 11.0 Å². The minimum absolute atomic E-state index is 0.209. The molecule has 0 amide bonds. The van der Waals surface area contributed by atoms with Crippen molar-refractivity contribution in [3.8, 4) is 0 Å². The molecule has 2 aromatic rings. The van der Waals surface area contributed by atoms with Gasteiger partial charge < -0.3 is 10.2 Å². The molecule has 3 nitrogen and oxygen atoms in total. The number of fused-ring (bicyclic) bond motifs is 1. The first kappa shape index (κ1) is 14.6. The van der Waals surface area contributed by atoms with E-state index in [9.17, 15) is 0 Å². The molecule has 0 bridgehead atoms. The molecule has 3 rings (SSSR count). The third-order valence-corrected chi connectivity index (χ3v) is 4.79. The number of likely N-dealkylation sites (tertiary alicyclic amines) is 1. The van der Waals surface area contributed by atoms with E-state index in [1.54, 1.807) is 0 Å². The average molecular weight is 286 g/mol. The monoisotopic (exact) mass is 286 g/mol. The summed E-state index contributed by atoms with van der Waals surface area (Å²) in [7, 11) is 0. The molecule has 1 aliphatic rings. The fraction of sp³-hybridized carbons (Fsp3) is 0.556. The number of furan rings is 1. The molecule has 1 aliphatic heterocycles. The van der Waals surface area contributed by atoms with Crippen molar-refractivity contribution in [2.75, 3.05) is 13.1 Å². The molecule has 2 unspecified atom stereocenters. The number of rotatable bonds is 4. The Kier molecular flexibility index (Phi) is 4.61. The lowest BCUT2D eigenvalue weighted by atomic mass is 10.0. The van der Waals surface area contributed by atoms with Crippen LogP contribution < -0.4 is 5.73 Å². The van der Waals surface area contributed by atoms with Crippen LogP contribution in [0.15, 0.2) is 34.7 Å². The number of hydrogen-bond donors (Lipinski definition) is 1. The minimum atomic E-state index is 0.209. The van der Waals surface area contributed by atoms with Crippen LogP contribution in [-0.2, 0) is 0 Å². The lowest BCUT2D eigenvalue weighted by Crippen LogP contribution is -2.40. The van der Waals surface area contributed by atoms with Gasteiger partial charge in [0, 0.05) is 18.0 Å². The smallest absolute Gasteiger partial charge is 0.134 e. The molecule has 114 valence electrons. The summed E-state index contributed by atoms with van der Waals surface area (Å²) < 4.78 is 6.09. The second-order valence-electron chi connectivity index (χ2n) is 6.09. The predicted molar refractivity (Wildman–Crippen MR) is 87.3 cm³/mol. The van der Waals surface area contributed by atoms with Gasteiger partial charge >= 0.3 is 0 Å². The molecule has 0 aliphatic carbocycles. The first-order valence-electron chi connectivity index (χ1n) is 8.27. The first-order chi connectivity index (χ1) is 10.3. The largest absolute Gasteiger partial charge is 0.459 e. The third kappa shape index (κ3) is 2.99. The highest BCUT2D eigenvalue weighted by Gasteiger charge is 2.29. The zero-order valence-corrected chi connectivity index (χ0v) is 12.9. The molecule has 2 heterocycles. The van der Waals surface area contributed by atoms with Gasteiger partial charge in [0.2, 0.25) is 0 Å². The number of nitrogens with two attached hydrogens (primary N) is 1. The number of benzene rings is 1. The van der Waals surface area contributed by atoms with Crippen LogP contribution in [0.5, 0.6) is 0 Å². The van der Waals surface area contributed by atoms with Gasteiger partial charge in [-0.25, -0.2) is 0 Å². The van der Waals surface area contributed by atoms with Crippen LogP contribution in [0.1, 0.15) is 50.8 Å². The Balaban J connectivity index is 1.91. The number of para-hydroxylation sites is 1. The Morgan fingerprint density at radius 1 is 1.29 bits per heavy atom. The summed E-state index contributed by atoms with van der Waals surface area (Å²) in [6, 6.07) is 11.2. The van der Waals surface area contributed by atoms with E-state index in [4.69, 9.17) is 10.2 Å². The van der Waals surface area contributed by atoms with E-state index >= 15 is 0 Å². The van der Waals surface area contributed by atoms with Crippen molar-refractivity contribution >= 4 is 11.0 Å². The Morgan fingerprint density at radius 2 is 2.14 bits per heavy atom. The maximum absolute atomic E-state index is 6.12. The lowest BCUT2D eigenvalue weighted by Gasteiger charge is -2.35. The minimum Gasteiger partial charge on any atom is -0.459 e. The van der Waals surface area contributed by atoms with Gasteiger partial charge in [-0.15, -0.1) is 0 Å². The van der Waals surface area contributed by atoms with E-state index in [1.807, 2.05) is 12.1 Å². The second-order valence-corrected chi connectivity index (χ2v) is 6.09. The van der Waals surface area contributed by atoms with E-state index < -0.39 is 0 Å². The van der Waals surface area contributed by atoms with Gasteiger partial charge in [-0.1, -0.05) is 38.0 Å². The highest BCUT2D eigenvalue weighted by Crippen LogP contribution is 2.32. The van der Waals surface area contributed by atoms with Crippen molar-refractivity contribution < 1.29 is 4.42 Å². The summed E-state index contributed by atoms with van der Waals surface area (Å²) in [6.45, 7) is 4.04. The SMILES string of the molecule is CCC1CCCCCN1C(CN)c1cc2ccccc2o1. The van der Waals surface area contributed by atoms with Gasteiger partial charge in [0.05, 0.1) is 6.04 Å². The van der Waals surface area contributed by atoms with E-state index in [0.29, 0.717) is 12.6 Å². The Bertz CT molecular complexity index is 544. The van der Waals surface area contributed by atoms with Gasteiger partial charge in [0.1, 0.15) is 11.3 Å².